The number of aryl methyl sites for hydroxylation is 1. The molecule has 0 fully saturated rings. The molecule has 0 unspecified atom stereocenters. The first-order valence-electron chi connectivity index (χ1n) is 7.26. The van der Waals surface area contributed by atoms with E-state index >= 15 is 0 Å². The van der Waals surface area contributed by atoms with Crippen LogP contribution in [0.3, 0.4) is 0 Å². The summed E-state index contributed by atoms with van der Waals surface area (Å²) in [6.07, 6.45) is 0. The lowest BCUT2D eigenvalue weighted by Gasteiger charge is -2.12. The van der Waals surface area contributed by atoms with Crippen LogP contribution in [0.15, 0.2) is 53.6 Å². The van der Waals surface area contributed by atoms with E-state index in [9.17, 15) is 0 Å². The van der Waals surface area contributed by atoms with E-state index in [1.165, 1.54) is 5.69 Å². The monoisotopic (exact) mass is 295 g/mol. The number of aromatic nitrogens is 2. The molecule has 0 radical (unpaired) electrons. The predicted molar refractivity (Wildman–Crippen MR) is 91.8 cm³/mol. The zero-order valence-corrected chi connectivity index (χ0v) is 13.4. The van der Waals surface area contributed by atoms with Crippen molar-refractivity contribution in [2.24, 2.45) is 19.2 Å². The van der Waals surface area contributed by atoms with Crippen molar-refractivity contribution in [1.29, 1.82) is 0 Å². The zero-order chi connectivity index (χ0) is 15.7. The van der Waals surface area contributed by atoms with Gasteiger partial charge in [-0.2, -0.15) is 5.10 Å². The van der Waals surface area contributed by atoms with Crippen molar-refractivity contribution in [1.82, 2.24) is 9.36 Å². The number of hydrogen-bond acceptors (Lipinski definition) is 3. The van der Waals surface area contributed by atoms with Crippen LogP contribution in [0.4, 0.5) is 11.4 Å². The Hall–Kier alpha value is -2.69. The fourth-order valence-corrected chi connectivity index (χ4v) is 2.51. The van der Waals surface area contributed by atoms with E-state index in [1.807, 2.05) is 57.1 Å². The lowest BCUT2D eigenvalue weighted by molar-refractivity contribution is 0.586. The number of nitrogens with zero attached hydrogens (tertiary/aromatic N) is 4. The molecular weight excluding hydrogens is 274 g/mol. The highest BCUT2D eigenvalue weighted by molar-refractivity contribution is 5.78. The molecule has 5 nitrogen and oxygen atoms in total. The quantitative estimate of drug-likeness (QED) is 0.754. The van der Waals surface area contributed by atoms with Crippen molar-refractivity contribution in [2.45, 2.75) is 0 Å². The SMILES string of the molecule is CN(C)c1ccc(NN=c2c3ccccc3n(C)n2C)cc1. The van der Waals surface area contributed by atoms with Crippen LogP contribution in [-0.4, -0.2) is 23.5 Å². The standard InChI is InChI=1S/C17H21N5/c1-20(2)14-11-9-13(10-12-14)18-19-17-15-7-5-6-8-16(15)21(3)22(17)4/h5-12,18H,1-4H3. The number of nitrogens with one attached hydrogen (secondary N) is 1. The second-order valence-electron chi connectivity index (χ2n) is 5.55. The van der Waals surface area contributed by atoms with Gasteiger partial charge in [-0.1, -0.05) is 12.1 Å². The molecule has 22 heavy (non-hydrogen) atoms. The number of benzene rings is 2. The van der Waals surface area contributed by atoms with Crippen LogP contribution in [0.1, 0.15) is 0 Å². The highest BCUT2D eigenvalue weighted by Gasteiger charge is 2.05. The van der Waals surface area contributed by atoms with Crippen molar-refractivity contribution >= 4 is 22.3 Å². The van der Waals surface area contributed by atoms with Gasteiger partial charge < -0.3 is 4.90 Å². The Morgan fingerprint density at radius 1 is 0.909 bits per heavy atom. The van der Waals surface area contributed by atoms with E-state index in [2.05, 4.69) is 44.4 Å². The Morgan fingerprint density at radius 2 is 1.59 bits per heavy atom. The molecule has 0 bridgehead atoms. The third-order valence-corrected chi connectivity index (χ3v) is 3.92. The van der Waals surface area contributed by atoms with Crippen molar-refractivity contribution in [3.8, 4) is 0 Å². The summed E-state index contributed by atoms with van der Waals surface area (Å²) >= 11 is 0. The van der Waals surface area contributed by atoms with Gasteiger partial charge in [0.1, 0.15) is 0 Å². The Bertz CT molecular complexity index is 853. The normalized spacial score (nSPS) is 11.9. The summed E-state index contributed by atoms with van der Waals surface area (Å²) in [7, 11) is 8.11. The average molecular weight is 295 g/mol. The van der Waals surface area contributed by atoms with Gasteiger partial charge >= 0.3 is 0 Å². The summed E-state index contributed by atoms with van der Waals surface area (Å²) < 4.78 is 4.12. The molecule has 0 saturated carbocycles. The molecule has 5 heteroatoms. The Balaban J connectivity index is 1.98. The molecule has 2 aromatic carbocycles. The van der Waals surface area contributed by atoms with Gasteiger partial charge in [0, 0.05) is 39.3 Å². The molecule has 1 aromatic heterocycles. The molecule has 3 rings (SSSR count). The number of rotatable bonds is 3. The average Bonchev–Trinajstić information content (AvgIpc) is 2.78. The predicted octanol–water partition coefficient (Wildman–Crippen LogP) is 2.51. The molecule has 0 aliphatic heterocycles. The van der Waals surface area contributed by atoms with Gasteiger partial charge in [-0.3, -0.25) is 14.8 Å². The van der Waals surface area contributed by atoms with Crippen LogP contribution in [0, 0.1) is 0 Å². The van der Waals surface area contributed by atoms with Crippen LogP contribution in [0.25, 0.3) is 10.9 Å². The summed E-state index contributed by atoms with van der Waals surface area (Å²) in [5.41, 5.74) is 7.36. The fourth-order valence-electron chi connectivity index (χ4n) is 2.51. The fraction of sp³-hybridized carbons (Fsp3) is 0.235. The van der Waals surface area contributed by atoms with E-state index < -0.39 is 0 Å². The number of fused-ring (bicyclic) bond motifs is 1. The third kappa shape index (κ3) is 2.45. The smallest absolute Gasteiger partial charge is 0.176 e. The van der Waals surface area contributed by atoms with E-state index in [0.29, 0.717) is 0 Å². The second-order valence-corrected chi connectivity index (χ2v) is 5.55. The van der Waals surface area contributed by atoms with Crippen molar-refractivity contribution in [3.05, 3.63) is 54.0 Å². The lowest BCUT2D eigenvalue weighted by Crippen LogP contribution is -2.20. The van der Waals surface area contributed by atoms with Crippen LogP contribution in [0.2, 0.25) is 0 Å². The van der Waals surface area contributed by atoms with Gasteiger partial charge in [0.2, 0.25) is 0 Å². The zero-order valence-electron chi connectivity index (χ0n) is 13.4. The van der Waals surface area contributed by atoms with Crippen molar-refractivity contribution in [3.63, 3.8) is 0 Å². The summed E-state index contributed by atoms with van der Waals surface area (Å²) in [5, 5.41) is 5.71. The van der Waals surface area contributed by atoms with Gasteiger partial charge in [0.25, 0.3) is 0 Å². The number of para-hydroxylation sites is 1. The van der Waals surface area contributed by atoms with E-state index in [1.54, 1.807) is 0 Å². The maximum Gasteiger partial charge on any atom is 0.176 e. The molecule has 0 saturated heterocycles. The molecule has 1 heterocycles. The minimum atomic E-state index is 0.912. The Labute approximate surface area is 130 Å². The summed E-state index contributed by atoms with van der Waals surface area (Å²) in [6, 6.07) is 16.5. The molecule has 3 aromatic rings. The maximum absolute atomic E-state index is 4.58. The first kappa shape index (κ1) is 14.3. The van der Waals surface area contributed by atoms with Crippen molar-refractivity contribution < 1.29 is 0 Å². The molecule has 0 spiro atoms. The lowest BCUT2D eigenvalue weighted by atomic mass is 10.2. The van der Waals surface area contributed by atoms with Gasteiger partial charge in [-0.25, -0.2) is 0 Å². The van der Waals surface area contributed by atoms with E-state index in [4.69, 9.17) is 0 Å². The highest BCUT2D eigenvalue weighted by atomic mass is 15.4. The molecule has 0 aliphatic rings. The van der Waals surface area contributed by atoms with E-state index in [0.717, 1.165) is 22.1 Å². The van der Waals surface area contributed by atoms with Crippen LogP contribution in [-0.2, 0) is 14.1 Å². The van der Waals surface area contributed by atoms with Gasteiger partial charge in [0.15, 0.2) is 5.49 Å². The second kappa shape index (κ2) is 5.60. The van der Waals surface area contributed by atoms with Crippen LogP contribution in [0.5, 0.6) is 0 Å². The summed E-state index contributed by atoms with van der Waals surface area (Å²) in [4.78, 5) is 2.08. The largest absolute Gasteiger partial charge is 0.378 e. The van der Waals surface area contributed by atoms with Crippen molar-refractivity contribution in [2.75, 3.05) is 24.4 Å². The first-order chi connectivity index (χ1) is 10.6. The molecular formula is C17H21N5. The van der Waals surface area contributed by atoms with Crippen LogP contribution >= 0.6 is 0 Å². The molecule has 0 amide bonds. The van der Waals surface area contributed by atoms with Crippen LogP contribution < -0.4 is 15.8 Å². The van der Waals surface area contributed by atoms with E-state index in [-0.39, 0.29) is 0 Å². The Morgan fingerprint density at radius 3 is 2.27 bits per heavy atom. The topological polar surface area (TPSA) is 37.5 Å². The number of anilines is 2. The van der Waals surface area contributed by atoms with Gasteiger partial charge in [-0.05, 0) is 36.4 Å². The van der Waals surface area contributed by atoms with Gasteiger partial charge in [-0.15, -0.1) is 0 Å². The Kier molecular flexibility index (Phi) is 3.63. The molecule has 114 valence electrons. The summed E-state index contributed by atoms with van der Waals surface area (Å²) in [5.74, 6) is 0. The number of hydrogen-bond donors (Lipinski definition) is 1. The van der Waals surface area contributed by atoms with Gasteiger partial charge in [0.05, 0.1) is 11.2 Å². The minimum absolute atomic E-state index is 0.912. The molecule has 1 N–H and O–H groups in total. The third-order valence-electron chi connectivity index (χ3n) is 3.92. The highest BCUT2D eigenvalue weighted by Crippen LogP contribution is 2.15. The molecule has 0 aliphatic carbocycles. The summed E-state index contributed by atoms with van der Waals surface area (Å²) in [6.45, 7) is 0. The minimum Gasteiger partial charge on any atom is -0.378 e. The first-order valence-corrected chi connectivity index (χ1v) is 7.26. The maximum atomic E-state index is 4.58. The molecule has 0 atom stereocenters.